The fourth-order valence-corrected chi connectivity index (χ4v) is 3.02. The van der Waals surface area contributed by atoms with Crippen LogP contribution in [0.1, 0.15) is 5.69 Å². The van der Waals surface area contributed by atoms with Crippen molar-refractivity contribution in [1.82, 2.24) is 15.0 Å². The van der Waals surface area contributed by atoms with Gasteiger partial charge in [-0.05, 0) is 13.0 Å². The molecule has 0 saturated heterocycles. The molecule has 0 bridgehead atoms. The van der Waals surface area contributed by atoms with Gasteiger partial charge < -0.3 is 5.73 Å². The minimum absolute atomic E-state index is 0.155. The summed E-state index contributed by atoms with van der Waals surface area (Å²) in [5.74, 6) is 0.432. The molecule has 0 aliphatic carbocycles. The molecule has 6 nitrogen and oxygen atoms in total. The summed E-state index contributed by atoms with van der Waals surface area (Å²) in [7, 11) is 0. The molecule has 8 heteroatoms. The molecule has 2 rings (SSSR count). The fraction of sp³-hybridized carbons (Fsp3) is 0.200. The first-order valence-corrected chi connectivity index (χ1v) is 6.88. The van der Waals surface area contributed by atoms with E-state index in [1.54, 1.807) is 18.5 Å². The summed E-state index contributed by atoms with van der Waals surface area (Å²) in [4.78, 5) is 23.6. The summed E-state index contributed by atoms with van der Waals surface area (Å²) < 4.78 is 0.955. The van der Waals surface area contributed by atoms with E-state index < -0.39 is 0 Å². The molecule has 2 aromatic rings. The van der Waals surface area contributed by atoms with Gasteiger partial charge in [-0.25, -0.2) is 15.0 Å². The number of amides is 1. The number of nitrogens with zero attached hydrogens (tertiary/aromatic N) is 3. The third-order valence-electron chi connectivity index (χ3n) is 1.92. The zero-order valence-corrected chi connectivity index (χ0v) is 11.2. The lowest BCUT2D eigenvalue weighted by Gasteiger charge is -2.01. The smallest absolute Gasteiger partial charge is 0.237 e. The molecular weight excluding hydrogens is 270 g/mol. The van der Waals surface area contributed by atoms with Crippen molar-refractivity contribution in [3.63, 3.8) is 0 Å². The van der Waals surface area contributed by atoms with Gasteiger partial charge >= 0.3 is 0 Å². The Morgan fingerprint density at radius 1 is 1.50 bits per heavy atom. The summed E-state index contributed by atoms with van der Waals surface area (Å²) in [5, 5.41) is 3.12. The largest absolute Gasteiger partial charge is 0.375 e. The number of nitrogens with two attached hydrogens (primary N) is 1. The first-order valence-electron chi connectivity index (χ1n) is 5.07. The van der Waals surface area contributed by atoms with Crippen LogP contribution in [-0.2, 0) is 4.79 Å². The maximum Gasteiger partial charge on any atom is 0.237 e. The molecule has 0 radical (unpaired) electrons. The Labute approximate surface area is 112 Å². The van der Waals surface area contributed by atoms with Crippen LogP contribution in [0.4, 0.5) is 11.1 Å². The molecule has 0 atom stereocenters. The highest BCUT2D eigenvalue weighted by molar-refractivity contribution is 8.01. The molecule has 2 heterocycles. The Morgan fingerprint density at radius 3 is 2.83 bits per heavy atom. The van der Waals surface area contributed by atoms with Crippen molar-refractivity contribution in [1.29, 1.82) is 0 Å². The topological polar surface area (TPSA) is 93.8 Å². The molecule has 0 aromatic carbocycles. The van der Waals surface area contributed by atoms with Crippen molar-refractivity contribution in [2.24, 2.45) is 0 Å². The molecule has 18 heavy (non-hydrogen) atoms. The minimum atomic E-state index is -0.155. The van der Waals surface area contributed by atoms with Crippen LogP contribution in [0.15, 0.2) is 22.7 Å². The highest BCUT2D eigenvalue weighted by atomic mass is 32.2. The molecule has 1 amide bonds. The number of aromatic nitrogens is 3. The lowest BCUT2D eigenvalue weighted by atomic mass is 10.6. The van der Waals surface area contributed by atoms with E-state index in [1.165, 1.54) is 23.1 Å². The van der Waals surface area contributed by atoms with Crippen LogP contribution in [-0.4, -0.2) is 26.6 Å². The fourth-order valence-electron chi connectivity index (χ4n) is 1.19. The van der Waals surface area contributed by atoms with Crippen molar-refractivity contribution < 1.29 is 4.79 Å². The van der Waals surface area contributed by atoms with Gasteiger partial charge in [-0.2, -0.15) is 0 Å². The Kier molecular flexibility index (Phi) is 4.11. The van der Waals surface area contributed by atoms with Gasteiger partial charge in [0.15, 0.2) is 5.13 Å². The van der Waals surface area contributed by atoms with E-state index in [1.807, 2.05) is 6.92 Å². The predicted octanol–water partition coefficient (Wildman–Crippen LogP) is 1.55. The molecule has 0 spiro atoms. The number of nitrogens with one attached hydrogen (secondary N) is 1. The quantitative estimate of drug-likeness (QED) is 0.826. The summed E-state index contributed by atoms with van der Waals surface area (Å²) in [6.45, 7) is 1.87. The zero-order valence-electron chi connectivity index (χ0n) is 9.58. The van der Waals surface area contributed by atoms with Gasteiger partial charge in [0.25, 0.3) is 0 Å². The van der Waals surface area contributed by atoms with Crippen LogP contribution in [0.5, 0.6) is 0 Å². The molecule has 0 unspecified atom stereocenters. The third-order valence-corrected chi connectivity index (χ3v) is 4.27. The number of hydrogen-bond acceptors (Lipinski definition) is 7. The maximum absolute atomic E-state index is 11.6. The van der Waals surface area contributed by atoms with Crippen LogP contribution in [0.25, 0.3) is 0 Å². The van der Waals surface area contributed by atoms with Crippen LogP contribution in [0, 0.1) is 6.92 Å². The van der Waals surface area contributed by atoms with Crippen LogP contribution in [0.2, 0.25) is 0 Å². The number of carbonyl (C=O) groups excluding carboxylic acids is 1. The van der Waals surface area contributed by atoms with Gasteiger partial charge in [0.05, 0.1) is 15.7 Å². The first kappa shape index (κ1) is 12.8. The Morgan fingerprint density at radius 2 is 2.22 bits per heavy atom. The molecule has 94 valence electrons. The number of thioether (sulfide) groups is 1. The van der Waals surface area contributed by atoms with E-state index in [2.05, 4.69) is 20.3 Å². The molecule has 0 saturated carbocycles. The number of anilines is 2. The predicted molar refractivity (Wildman–Crippen MR) is 72.6 cm³/mol. The van der Waals surface area contributed by atoms with Crippen LogP contribution in [0.3, 0.4) is 0 Å². The van der Waals surface area contributed by atoms with E-state index in [9.17, 15) is 4.79 Å². The van der Waals surface area contributed by atoms with Gasteiger partial charge in [0, 0.05) is 12.4 Å². The molecule has 0 aliphatic rings. The van der Waals surface area contributed by atoms with E-state index in [0.29, 0.717) is 11.1 Å². The van der Waals surface area contributed by atoms with E-state index >= 15 is 0 Å². The third kappa shape index (κ3) is 3.41. The van der Waals surface area contributed by atoms with E-state index in [0.717, 1.165) is 9.90 Å². The van der Waals surface area contributed by atoms with Crippen molar-refractivity contribution in [3.8, 4) is 0 Å². The molecular formula is C10H11N5OS2. The molecule has 3 N–H and O–H groups in total. The second-order valence-corrected chi connectivity index (χ2v) is 5.61. The van der Waals surface area contributed by atoms with Gasteiger partial charge in [-0.1, -0.05) is 11.3 Å². The van der Waals surface area contributed by atoms with Crippen molar-refractivity contribution in [2.45, 2.75) is 11.1 Å². The monoisotopic (exact) mass is 281 g/mol. The molecule has 2 aromatic heterocycles. The number of carbonyl (C=O) groups is 1. The number of rotatable bonds is 4. The van der Waals surface area contributed by atoms with Crippen molar-refractivity contribution in [2.75, 3.05) is 16.8 Å². The summed E-state index contributed by atoms with van der Waals surface area (Å²) in [5.41, 5.74) is 6.44. The number of hydrogen-bond donors (Lipinski definition) is 2. The van der Waals surface area contributed by atoms with E-state index in [-0.39, 0.29) is 11.7 Å². The van der Waals surface area contributed by atoms with Crippen LogP contribution < -0.4 is 11.1 Å². The number of nitrogen functional groups attached to an aromatic ring is 1. The normalized spacial score (nSPS) is 10.3. The number of aryl methyl sites for hydroxylation is 1. The minimum Gasteiger partial charge on any atom is -0.375 e. The second kappa shape index (κ2) is 5.78. The van der Waals surface area contributed by atoms with Gasteiger partial charge in [-0.15, -0.1) is 11.8 Å². The van der Waals surface area contributed by atoms with Gasteiger partial charge in [0.2, 0.25) is 11.9 Å². The van der Waals surface area contributed by atoms with Crippen molar-refractivity contribution >= 4 is 40.1 Å². The standard InChI is InChI=1S/C10H11N5OS2/c1-6-8(18-9(11)14-6)17-5-7(16)15-10-12-3-2-4-13-10/h2-4H,5H2,1H3,(H2,11,14)(H,12,13,15,16). The highest BCUT2D eigenvalue weighted by Crippen LogP contribution is 2.30. The van der Waals surface area contributed by atoms with Gasteiger partial charge in [-0.3, -0.25) is 10.1 Å². The van der Waals surface area contributed by atoms with Crippen LogP contribution >= 0.6 is 23.1 Å². The lowest BCUT2D eigenvalue weighted by Crippen LogP contribution is -2.15. The summed E-state index contributed by atoms with van der Waals surface area (Å²) >= 11 is 2.78. The zero-order chi connectivity index (χ0) is 13.0. The first-order chi connectivity index (χ1) is 8.65. The Balaban J connectivity index is 1.87. The van der Waals surface area contributed by atoms with E-state index in [4.69, 9.17) is 5.73 Å². The summed E-state index contributed by atoms with van der Waals surface area (Å²) in [6.07, 6.45) is 3.15. The molecule has 0 aliphatic heterocycles. The lowest BCUT2D eigenvalue weighted by molar-refractivity contribution is -0.113. The maximum atomic E-state index is 11.6. The SMILES string of the molecule is Cc1nc(N)sc1SCC(=O)Nc1ncccn1. The Hall–Kier alpha value is -1.67. The second-order valence-electron chi connectivity index (χ2n) is 3.33. The average molecular weight is 281 g/mol. The molecule has 0 fully saturated rings. The highest BCUT2D eigenvalue weighted by Gasteiger charge is 2.09. The Bertz CT molecular complexity index is 542. The van der Waals surface area contributed by atoms with Gasteiger partial charge in [0.1, 0.15) is 0 Å². The summed E-state index contributed by atoms with van der Waals surface area (Å²) in [6, 6.07) is 1.69. The van der Waals surface area contributed by atoms with Crippen molar-refractivity contribution in [3.05, 3.63) is 24.2 Å². The average Bonchev–Trinajstić information content (AvgIpc) is 2.66. The number of thiazole rings is 1.